The van der Waals surface area contributed by atoms with Gasteiger partial charge in [0.15, 0.2) is 0 Å². The van der Waals surface area contributed by atoms with E-state index in [1.54, 1.807) is 0 Å². The molecule has 0 saturated heterocycles. The van der Waals surface area contributed by atoms with Gasteiger partial charge in [-0.3, -0.25) is 9.59 Å². The van der Waals surface area contributed by atoms with E-state index in [9.17, 15) is 19.2 Å². The summed E-state index contributed by atoms with van der Waals surface area (Å²) in [7, 11) is 2.47. The number of hydrogen-bond acceptors (Lipinski definition) is 8. The smallest absolute Gasteiger partial charge is 0.334 e. The summed E-state index contributed by atoms with van der Waals surface area (Å²) in [6.45, 7) is 2.54. The van der Waals surface area contributed by atoms with Crippen LogP contribution in [-0.4, -0.2) is 50.3 Å². The lowest BCUT2D eigenvalue weighted by molar-refractivity contribution is -0.223. The molecule has 140 valence electrons. The molecule has 0 N–H and O–H groups in total. The first-order valence-electron chi connectivity index (χ1n) is 8.25. The van der Waals surface area contributed by atoms with Crippen LogP contribution in [-0.2, 0) is 38.1 Å². The molecule has 6 atom stereocenters. The molecule has 26 heavy (non-hydrogen) atoms. The molecule has 8 nitrogen and oxygen atoms in total. The van der Waals surface area contributed by atoms with Crippen molar-refractivity contribution in [2.24, 2.45) is 23.7 Å². The van der Waals surface area contributed by atoms with E-state index in [1.165, 1.54) is 28.1 Å². The van der Waals surface area contributed by atoms with Crippen LogP contribution in [0, 0.1) is 23.7 Å². The number of allylic oxidation sites excluding steroid dienone is 2. The summed E-state index contributed by atoms with van der Waals surface area (Å²) < 4.78 is 20.4. The lowest BCUT2D eigenvalue weighted by Crippen LogP contribution is -2.67. The van der Waals surface area contributed by atoms with Crippen molar-refractivity contribution in [3.8, 4) is 0 Å². The Morgan fingerprint density at radius 3 is 1.35 bits per heavy atom. The number of ether oxygens (including phenoxy) is 4. The predicted octanol–water partition coefficient (Wildman–Crippen LogP) is 0.554. The third kappa shape index (κ3) is 2.60. The molecule has 0 unspecified atom stereocenters. The third-order valence-electron chi connectivity index (χ3n) is 5.25. The van der Waals surface area contributed by atoms with E-state index in [0.717, 1.165) is 0 Å². The second-order valence-corrected chi connectivity index (χ2v) is 6.55. The second-order valence-electron chi connectivity index (χ2n) is 6.55. The number of carbonyl (C=O) groups is 4. The van der Waals surface area contributed by atoms with Gasteiger partial charge in [-0.1, -0.05) is 12.2 Å². The zero-order chi connectivity index (χ0) is 19.2. The molecule has 0 spiro atoms. The fraction of sp³-hybridized carbons (Fsp3) is 0.556. The van der Waals surface area contributed by atoms with E-state index in [-0.39, 0.29) is 23.0 Å². The fourth-order valence-corrected chi connectivity index (χ4v) is 4.44. The number of esters is 4. The molecule has 0 radical (unpaired) electrons. The quantitative estimate of drug-likeness (QED) is 0.405. The molecule has 0 amide bonds. The first kappa shape index (κ1) is 18.2. The van der Waals surface area contributed by atoms with Gasteiger partial charge >= 0.3 is 23.9 Å². The Morgan fingerprint density at radius 1 is 0.731 bits per heavy atom. The van der Waals surface area contributed by atoms with Crippen molar-refractivity contribution in [2.75, 3.05) is 14.2 Å². The lowest BCUT2D eigenvalue weighted by Gasteiger charge is -2.59. The van der Waals surface area contributed by atoms with Gasteiger partial charge in [0.05, 0.1) is 25.4 Å². The van der Waals surface area contributed by atoms with Crippen LogP contribution >= 0.6 is 0 Å². The maximum absolute atomic E-state index is 12.3. The van der Waals surface area contributed by atoms with Gasteiger partial charge < -0.3 is 18.9 Å². The summed E-state index contributed by atoms with van der Waals surface area (Å²) in [6, 6.07) is 0. The molecular formula is C18H20O8. The predicted molar refractivity (Wildman–Crippen MR) is 85.3 cm³/mol. The van der Waals surface area contributed by atoms with Crippen LogP contribution in [0.25, 0.3) is 0 Å². The van der Waals surface area contributed by atoms with E-state index in [0.29, 0.717) is 0 Å². The van der Waals surface area contributed by atoms with Gasteiger partial charge in [0.2, 0.25) is 0 Å². The van der Waals surface area contributed by atoms with Crippen molar-refractivity contribution in [3.63, 3.8) is 0 Å². The molecule has 2 bridgehead atoms. The summed E-state index contributed by atoms with van der Waals surface area (Å²) >= 11 is 0. The van der Waals surface area contributed by atoms with Crippen LogP contribution in [0.4, 0.5) is 0 Å². The van der Waals surface area contributed by atoms with Gasteiger partial charge in [-0.25, -0.2) is 9.59 Å². The number of rotatable bonds is 4. The second kappa shape index (κ2) is 6.59. The average molecular weight is 364 g/mol. The molecule has 0 aliphatic heterocycles. The SMILES string of the molecule is COC(=O)C1=C(C(=O)OC)[C@H]2C=C[C@H]1[C@@H]1[C@H](OC(C)=O)[C@H](OC(C)=O)[C@H]12. The molecular weight excluding hydrogens is 344 g/mol. The number of methoxy groups -OCH3 is 2. The van der Waals surface area contributed by atoms with Crippen molar-refractivity contribution >= 4 is 23.9 Å². The van der Waals surface area contributed by atoms with Crippen LogP contribution in [0.2, 0.25) is 0 Å². The van der Waals surface area contributed by atoms with E-state index < -0.39 is 47.9 Å². The minimum Gasteiger partial charge on any atom is -0.466 e. The van der Waals surface area contributed by atoms with Crippen molar-refractivity contribution in [1.82, 2.24) is 0 Å². The standard InChI is InChI=1S/C18H20O8/c1-7(19)25-15-11-9-5-6-10(12(11)16(15)26-8(2)20)14(18(22)24-4)13(9)17(21)23-3/h5-6,9-12,15-16H,1-4H3/t9-,10-,11-,12-,15-,16+/m0/s1. The molecule has 0 heterocycles. The van der Waals surface area contributed by atoms with E-state index in [1.807, 2.05) is 12.2 Å². The van der Waals surface area contributed by atoms with Crippen LogP contribution in [0.15, 0.2) is 23.3 Å². The first-order chi connectivity index (χ1) is 12.3. The Morgan fingerprint density at radius 2 is 1.08 bits per heavy atom. The summed E-state index contributed by atoms with van der Waals surface area (Å²) in [5.41, 5.74) is 0.429. The van der Waals surface area contributed by atoms with Crippen LogP contribution in [0.5, 0.6) is 0 Å². The van der Waals surface area contributed by atoms with Crippen molar-refractivity contribution in [3.05, 3.63) is 23.3 Å². The maximum Gasteiger partial charge on any atom is 0.334 e. The Labute approximate surface area is 150 Å². The molecule has 4 aliphatic rings. The molecule has 0 aromatic heterocycles. The van der Waals surface area contributed by atoms with E-state index in [4.69, 9.17) is 18.9 Å². The number of carbonyl (C=O) groups excluding carboxylic acids is 4. The first-order valence-corrected chi connectivity index (χ1v) is 8.25. The van der Waals surface area contributed by atoms with Gasteiger partial charge in [-0.05, 0) is 0 Å². The van der Waals surface area contributed by atoms with Crippen molar-refractivity contribution < 1.29 is 38.1 Å². The molecule has 1 saturated carbocycles. The van der Waals surface area contributed by atoms with Crippen LogP contribution < -0.4 is 0 Å². The van der Waals surface area contributed by atoms with E-state index in [2.05, 4.69) is 0 Å². The summed E-state index contributed by atoms with van der Waals surface area (Å²) in [4.78, 5) is 47.7. The van der Waals surface area contributed by atoms with Crippen molar-refractivity contribution in [2.45, 2.75) is 26.1 Å². The Hall–Kier alpha value is -2.64. The van der Waals surface area contributed by atoms with Gasteiger partial charge in [-0.15, -0.1) is 0 Å². The molecule has 8 heteroatoms. The molecule has 1 fully saturated rings. The molecule has 0 aromatic carbocycles. The monoisotopic (exact) mass is 364 g/mol. The molecule has 4 rings (SSSR count). The molecule has 4 aliphatic carbocycles. The average Bonchev–Trinajstić information content (AvgIpc) is 2.61. The Kier molecular flexibility index (Phi) is 4.60. The maximum atomic E-state index is 12.3. The fourth-order valence-electron chi connectivity index (χ4n) is 4.44. The minimum atomic E-state index is -0.683. The van der Waals surface area contributed by atoms with Crippen LogP contribution in [0.3, 0.4) is 0 Å². The molecule has 0 aromatic rings. The van der Waals surface area contributed by atoms with Gasteiger partial charge in [0.1, 0.15) is 12.2 Å². The van der Waals surface area contributed by atoms with Gasteiger partial charge in [-0.2, -0.15) is 0 Å². The van der Waals surface area contributed by atoms with Gasteiger partial charge in [0, 0.05) is 37.5 Å². The largest absolute Gasteiger partial charge is 0.466 e. The zero-order valence-corrected chi connectivity index (χ0v) is 14.9. The van der Waals surface area contributed by atoms with Crippen molar-refractivity contribution in [1.29, 1.82) is 0 Å². The highest BCUT2D eigenvalue weighted by Crippen LogP contribution is 2.59. The summed E-state index contributed by atoms with van der Waals surface area (Å²) in [5, 5.41) is 0. The lowest BCUT2D eigenvalue weighted by atomic mass is 9.48. The third-order valence-corrected chi connectivity index (χ3v) is 5.25. The highest BCUT2D eigenvalue weighted by Gasteiger charge is 2.66. The highest BCUT2D eigenvalue weighted by atomic mass is 16.6. The van der Waals surface area contributed by atoms with E-state index >= 15 is 0 Å². The normalized spacial score (nSPS) is 33.7. The van der Waals surface area contributed by atoms with Gasteiger partial charge in [0.25, 0.3) is 0 Å². The topological polar surface area (TPSA) is 105 Å². The number of hydrogen-bond donors (Lipinski definition) is 0. The summed E-state index contributed by atoms with van der Waals surface area (Å²) in [6.07, 6.45) is 2.26. The minimum absolute atomic E-state index is 0.214. The summed E-state index contributed by atoms with van der Waals surface area (Å²) in [5.74, 6) is -3.78. The highest BCUT2D eigenvalue weighted by molar-refractivity contribution is 6.02. The van der Waals surface area contributed by atoms with Crippen LogP contribution in [0.1, 0.15) is 13.8 Å². The zero-order valence-electron chi connectivity index (χ0n) is 14.9. The Bertz CT molecular complexity index is 673. The Balaban J connectivity index is 2.06.